The number of carbonyl (C=O) groups is 3. The molecule has 1 aromatic heterocycles. The van der Waals surface area contributed by atoms with Gasteiger partial charge in [-0.2, -0.15) is 0 Å². The van der Waals surface area contributed by atoms with Gasteiger partial charge in [-0.15, -0.1) is 11.3 Å². The minimum Gasteiger partial charge on any atom is -0.462 e. The third kappa shape index (κ3) is 5.12. The van der Waals surface area contributed by atoms with Crippen molar-refractivity contribution in [2.24, 2.45) is 0 Å². The highest BCUT2D eigenvalue weighted by molar-refractivity contribution is 7.18. The summed E-state index contributed by atoms with van der Waals surface area (Å²) >= 11 is 1.05. The topological polar surface area (TPSA) is 84.5 Å². The summed E-state index contributed by atoms with van der Waals surface area (Å²) in [7, 11) is 0. The lowest BCUT2D eigenvalue weighted by molar-refractivity contribution is 0.0531. The van der Waals surface area contributed by atoms with Crippen LogP contribution < -0.4 is 10.6 Å². The Labute approximate surface area is 178 Å². The van der Waals surface area contributed by atoms with Gasteiger partial charge in [0.25, 0.3) is 11.8 Å². The first-order valence-electron chi connectivity index (χ1n) is 9.44. The van der Waals surface area contributed by atoms with Crippen molar-refractivity contribution in [1.29, 1.82) is 0 Å². The van der Waals surface area contributed by atoms with Gasteiger partial charge in [0.1, 0.15) is 9.88 Å². The Morgan fingerprint density at radius 3 is 1.83 bits per heavy atom. The highest BCUT2D eigenvalue weighted by Crippen LogP contribution is 2.34. The number of thiophene rings is 1. The number of nitrogens with one attached hydrogen (secondary N) is 2. The van der Waals surface area contributed by atoms with Crippen molar-refractivity contribution in [3.05, 3.63) is 81.7 Å². The number of hydrogen-bond donors (Lipinski definition) is 2. The summed E-state index contributed by atoms with van der Waals surface area (Å²) < 4.78 is 5.05. The SMILES string of the molecule is CCOC(=O)c1cc(NC(=O)c2ccc(C)cc2)c(NC(=O)c2ccc(C)cc2)s1. The summed E-state index contributed by atoms with van der Waals surface area (Å²) in [6, 6.07) is 15.7. The number of carbonyl (C=O) groups excluding carboxylic acids is 3. The average molecular weight is 423 g/mol. The summed E-state index contributed by atoms with van der Waals surface area (Å²) in [6.07, 6.45) is 0. The molecule has 3 aromatic rings. The average Bonchev–Trinajstić information content (AvgIpc) is 3.11. The van der Waals surface area contributed by atoms with Crippen LogP contribution in [-0.4, -0.2) is 24.4 Å². The molecule has 0 aliphatic carbocycles. The highest BCUT2D eigenvalue weighted by Gasteiger charge is 2.20. The molecule has 0 radical (unpaired) electrons. The van der Waals surface area contributed by atoms with Crippen LogP contribution in [0.5, 0.6) is 0 Å². The van der Waals surface area contributed by atoms with E-state index in [1.54, 1.807) is 31.2 Å². The zero-order chi connectivity index (χ0) is 21.7. The first kappa shape index (κ1) is 21.3. The molecule has 6 nitrogen and oxygen atoms in total. The molecule has 7 heteroatoms. The van der Waals surface area contributed by atoms with Crippen LogP contribution in [0.4, 0.5) is 10.7 Å². The van der Waals surface area contributed by atoms with E-state index in [9.17, 15) is 14.4 Å². The summed E-state index contributed by atoms with van der Waals surface area (Å²) in [5.74, 6) is -1.18. The van der Waals surface area contributed by atoms with E-state index in [0.29, 0.717) is 21.8 Å². The van der Waals surface area contributed by atoms with Crippen LogP contribution in [0.15, 0.2) is 54.6 Å². The van der Waals surface area contributed by atoms with E-state index in [1.165, 1.54) is 6.07 Å². The maximum Gasteiger partial charge on any atom is 0.348 e. The van der Waals surface area contributed by atoms with Crippen molar-refractivity contribution in [3.8, 4) is 0 Å². The Bertz CT molecular complexity index is 993. The van der Waals surface area contributed by atoms with Gasteiger partial charge in [-0.1, -0.05) is 35.4 Å². The van der Waals surface area contributed by atoms with Crippen LogP contribution in [0.1, 0.15) is 48.4 Å². The molecule has 0 aliphatic rings. The normalized spacial score (nSPS) is 10.4. The molecule has 2 aromatic carbocycles. The Kier molecular flexibility index (Phi) is 6.64. The van der Waals surface area contributed by atoms with Crippen molar-refractivity contribution in [3.63, 3.8) is 0 Å². The van der Waals surface area contributed by atoms with Gasteiger partial charge in [-0.05, 0) is 51.1 Å². The van der Waals surface area contributed by atoms with Gasteiger partial charge in [0.2, 0.25) is 0 Å². The van der Waals surface area contributed by atoms with Crippen LogP contribution in [0.25, 0.3) is 0 Å². The minimum atomic E-state index is -0.510. The van der Waals surface area contributed by atoms with Crippen LogP contribution in [0.2, 0.25) is 0 Å². The second-order valence-electron chi connectivity index (χ2n) is 6.71. The lowest BCUT2D eigenvalue weighted by Gasteiger charge is -2.08. The fraction of sp³-hybridized carbons (Fsp3) is 0.174. The van der Waals surface area contributed by atoms with Crippen LogP contribution >= 0.6 is 11.3 Å². The lowest BCUT2D eigenvalue weighted by Crippen LogP contribution is -2.15. The Balaban J connectivity index is 1.87. The van der Waals surface area contributed by atoms with Gasteiger partial charge >= 0.3 is 5.97 Å². The van der Waals surface area contributed by atoms with Gasteiger partial charge in [0, 0.05) is 11.1 Å². The summed E-state index contributed by atoms with van der Waals surface area (Å²) in [4.78, 5) is 37.7. The zero-order valence-electron chi connectivity index (χ0n) is 16.9. The van der Waals surface area contributed by atoms with Gasteiger partial charge < -0.3 is 15.4 Å². The maximum absolute atomic E-state index is 12.6. The van der Waals surface area contributed by atoms with Crippen LogP contribution in [0.3, 0.4) is 0 Å². The number of aryl methyl sites for hydroxylation is 2. The summed E-state index contributed by atoms with van der Waals surface area (Å²) in [5, 5.41) is 5.93. The molecule has 0 atom stereocenters. The molecule has 1 heterocycles. The number of ether oxygens (including phenoxy) is 1. The van der Waals surface area contributed by atoms with Crippen LogP contribution in [-0.2, 0) is 4.74 Å². The van der Waals surface area contributed by atoms with Crippen molar-refractivity contribution in [2.45, 2.75) is 20.8 Å². The van der Waals surface area contributed by atoms with E-state index in [4.69, 9.17) is 4.74 Å². The van der Waals surface area contributed by atoms with Gasteiger partial charge in [0.05, 0.1) is 12.3 Å². The van der Waals surface area contributed by atoms with E-state index >= 15 is 0 Å². The first-order chi connectivity index (χ1) is 14.4. The molecule has 0 fully saturated rings. The third-order valence-corrected chi connectivity index (χ3v) is 5.34. The highest BCUT2D eigenvalue weighted by atomic mass is 32.1. The predicted molar refractivity (Wildman–Crippen MR) is 119 cm³/mol. The number of rotatable bonds is 6. The smallest absolute Gasteiger partial charge is 0.348 e. The van der Waals surface area contributed by atoms with Crippen molar-refractivity contribution in [2.75, 3.05) is 17.2 Å². The van der Waals surface area contributed by atoms with Gasteiger partial charge in [-0.3, -0.25) is 9.59 Å². The Morgan fingerprint density at radius 1 is 0.833 bits per heavy atom. The Morgan fingerprint density at radius 2 is 1.33 bits per heavy atom. The second kappa shape index (κ2) is 9.37. The molecule has 0 saturated heterocycles. The fourth-order valence-corrected chi connectivity index (χ4v) is 3.56. The van der Waals surface area contributed by atoms with Crippen molar-refractivity contribution in [1.82, 2.24) is 0 Å². The number of esters is 1. The molecule has 3 rings (SSSR count). The molecule has 0 unspecified atom stereocenters. The molecule has 0 spiro atoms. The maximum atomic E-state index is 12.6. The van der Waals surface area contributed by atoms with E-state index in [1.807, 2.05) is 38.1 Å². The number of hydrogen-bond acceptors (Lipinski definition) is 5. The predicted octanol–water partition coefficient (Wildman–Crippen LogP) is 5.05. The minimum absolute atomic E-state index is 0.229. The number of benzene rings is 2. The largest absolute Gasteiger partial charge is 0.462 e. The summed E-state index contributed by atoms with van der Waals surface area (Å²) in [5.41, 5.74) is 3.37. The molecule has 30 heavy (non-hydrogen) atoms. The fourth-order valence-electron chi connectivity index (χ4n) is 2.66. The Hall–Kier alpha value is -3.45. The van der Waals surface area contributed by atoms with Crippen LogP contribution in [0, 0.1) is 13.8 Å². The molecule has 0 aliphatic heterocycles. The van der Waals surface area contributed by atoms with Crippen molar-refractivity contribution < 1.29 is 19.1 Å². The van der Waals surface area contributed by atoms with E-state index in [0.717, 1.165) is 22.5 Å². The first-order valence-corrected chi connectivity index (χ1v) is 10.3. The van der Waals surface area contributed by atoms with E-state index < -0.39 is 5.97 Å². The molecule has 0 bridgehead atoms. The molecule has 0 saturated carbocycles. The van der Waals surface area contributed by atoms with Gasteiger partial charge in [-0.25, -0.2) is 4.79 Å². The third-order valence-electron chi connectivity index (χ3n) is 4.31. The molecule has 2 amide bonds. The number of amides is 2. The zero-order valence-corrected chi connectivity index (χ0v) is 17.8. The van der Waals surface area contributed by atoms with Crippen molar-refractivity contribution >= 4 is 39.8 Å². The molecular weight excluding hydrogens is 400 g/mol. The molecule has 154 valence electrons. The standard InChI is InChI=1S/C23H22N2O4S/c1-4-29-23(28)19-13-18(24-20(26)16-9-5-14(2)6-10-16)22(30-19)25-21(27)17-11-7-15(3)8-12-17/h5-13H,4H2,1-3H3,(H,24,26)(H,25,27). The lowest BCUT2D eigenvalue weighted by atomic mass is 10.1. The van der Waals surface area contributed by atoms with E-state index in [2.05, 4.69) is 10.6 Å². The second-order valence-corrected chi connectivity index (χ2v) is 7.77. The van der Waals surface area contributed by atoms with E-state index in [-0.39, 0.29) is 23.3 Å². The summed E-state index contributed by atoms with van der Waals surface area (Å²) in [6.45, 7) is 5.81. The van der Waals surface area contributed by atoms with Gasteiger partial charge in [0.15, 0.2) is 0 Å². The quantitative estimate of drug-likeness (QED) is 0.545. The molecule has 2 N–H and O–H groups in total. The monoisotopic (exact) mass is 422 g/mol. The molecular formula is C23H22N2O4S. The number of anilines is 2.